The second-order valence-electron chi connectivity index (χ2n) is 8.13. The van der Waals surface area contributed by atoms with E-state index in [-0.39, 0.29) is 27.4 Å². The summed E-state index contributed by atoms with van der Waals surface area (Å²) in [6.07, 6.45) is 3.38. The number of carbonyl (C=O) groups excluding carboxylic acids is 1. The van der Waals surface area contributed by atoms with Gasteiger partial charge in [-0.05, 0) is 35.7 Å². The van der Waals surface area contributed by atoms with Crippen molar-refractivity contribution < 1.29 is 17.6 Å². The zero-order chi connectivity index (χ0) is 25.9. The first-order valence-corrected chi connectivity index (χ1v) is 14.0. The topological polar surface area (TPSA) is 104 Å². The molecule has 1 aliphatic rings. The number of amidine groups is 1. The zero-order valence-corrected chi connectivity index (χ0v) is 23.1. The molecular formula is C24H23BrCl2N4O4S. The van der Waals surface area contributed by atoms with Crippen molar-refractivity contribution in [3.8, 4) is 0 Å². The molecule has 0 fully saturated rings. The first-order valence-electron chi connectivity index (χ1n) is 11.0. The van der Waals surface area contributed by atoms with E-state index < -0.39 is 10.0 Å². The summed E-state index contributed by atoms with van der Waals surface area (Å²) in [5.74, 6) is 0.495. The fourth-order valence-corrected chi connectivity index (χ4v) is 6.84. The first kappa shape index (κ1) is 26.7. The third-order valence-corrected chi connectivity index (χ3v) is 8.79. The lowest BCUT2D eigenvalue weighted by Crippen LogP contribution is -2.29. The number of hydrogen-bond acceptors (Lipinski definition) is 6. The van der Waals surface area contributed by atoms with Crippen LogP contribution in [-0.4, -0.2) is 51.1 Å². The van der Waals surface area contributed by atoms with Gasteiger partial charge in [0.15, 0.2) is 0 Å². The first-order chi connectivity index (χ1) is 17.2. The molecule has 12 heteroatoms. The largest absolute Gasteiger partial charge is 0.472 e. The van der Waals surface area contributed by atoms with Crippen LogP contribution in [0.15, 0.2) is 67.7 Å². The molecule has 2 aromatic carbocycles. The molecule has 8 nitrogen and oxygen atoms in total. The number of nitrogens with zero attached hydrogens (tertiary/aromatic N) is 2. The Morgan fingerprint density at radius 3 is 2.61 bits per heavy atom. The highest BCUT2D eigenvalue weighted by molar-refractivity contribution is 9.10. The van der Waals surface area contributed by atoms with Crippen molar-refractivity contribution in [2.75, 3.05) is 26.7 Å². The Morgan fingerprint density at radius 1 is 1.22 bits per heavy atom. The zero-order valence-electron chi connectivity index (χ0n) is 19.2. The molecule has 4 rings (SSSR count). The average Bonchev–Trinajstić information content (AvgIpc) is 3.53. The van der Waals surface area contributed by atoms with Crippen molar-refractivity contribution in [1.82, 2.24) is 14.9 Å². The molecule has 1 aromatic heterocycles. The minimum Gasteiger partial charge on any atom is -0.472 e. The SMILES string of the molecule is CN(Cc1cc(CCNC(=O)c2ccoc2)ccc1C1=NCCN1)S(=O)(=O)c1c(Cl)cc(Br)cc1Cl. The van der Waals surface area contributed by atoms with Gasteiger partial charge in [0.25, 0.3) is 5.91 Å². The summed E-state index contributed by atoms with van der Waals surface area (Å²) < 4.78 is 33.6. The minimum atomic E-state index is -4.00. The number of hydrogen-bond donors (Lipinski definition) is 2. The maximum atomic E-state index is 13.4. The van der Waals surface area contributed by atoms with Crippen LogP contribution in [0, 0.1) is 0 Å². The van der Waals surface area contributed by atoms with Crippen molar-refractivity contribution in [3.63, 3.8) is 0 Å². The quantitative estimate of drug-likeness (QED) is 0.370. The van der Waals surface area contributed by atoms with Crippen LogP contribution in [0.4, 0.5) is 0 Å². The number of carbonyl (C=O) groups is 1. The minimum absolute atomic E-state index is 0.0328. The average molecular weight is 614 g/mol. The summed E-state index contributed by atoms with van der Waals surface area (Å²) in [5.41, 5.74) is 2.96. The maximum absolute atomic E-state index is 13.4. The highest BCUT2D eigenvalue weighted by atomic mass is 79.9. The van der Waals surface area contributed by atoms with Crippen LogP contribution < -0.4 is 10.6 Å². The summed E-state index contributed by atoms with van der Waals surface area (Å²) >= 11 is 15.8. The lowest BCUT2D eigenvalue weighted by atomic mass is 10.0. The second-order valence-corrected chi connectivity index (χ2v) is 11.8. The van der Waals surface area contributed by atoms with E-state index in [2.05, 4.69) is 31.6 Å². The summed E-state index contributed by atoms with van der Waals surface area (Å²) in [7, 11) is -2.52. The van der Waals surface area contributed by atoms with Crippen LogP contribution in [-0.2, 0) is 23.0 Å². The van der Waals surface area contributed by atoms with Crippen LogP contribution in [0.3, 0.4) is 0 Å². The van der Waals surface area contributed by atoms with Gasteiger partial charge in [-0.2, -0.15) is 4.31 Å². The molecule has 36 heavy (non-hydrogen) atoms. The molecule has 1 aliphatic heterocycles. The predicted octanol–water partition coefficient (Wildman–Crippen LogP) is 4.49. The molecule has 3 aromatic rings. The van der Waals surface area contributed by atoms with E-state index in [0.29, 0.717) is 29.5 Å². The van der Waals surface area contributed by atoms with Gasteiger partial charge in [0.2, 0.25) is 10.0 Å². The molecule has 0 radical (unpaired) electrons. The normalized spacial score (nSPS) is 13.5. The molecular weight excluding hydrogens is 591 g/mol. The fourth-order valence-electron chi connectivity index (χ4n) is 3.81. The van der Waals surface area contributed by atoms with Crippen molar-refractivity contribution in [2.24, 2.45) is 4.99 Å². The van der Waals surface area contributed by atoms with Gasteiger partial charge in [-0.3, -0.25) is 9.79 Å². The Morgan fingerprint density at radius 2 is 1.97 bits per heavy atom. The monoisotopic (exact) mass is 612 g/mol. The van der Waals surface area contributed by atoms with Crippen LogP contribution in [0.1, 0.15) is 27.0 Å². The Kier molecular flexibility index (Phi) is 8.41. The molecule has 1 amide bonds. The van der Waals surface area contributed by atoms with Gasteiger partial charge in [0.05, 0.1) is 28.4 Å². The molecule has 2 heterocycles. The number of aliphatic imine (C=N–C) groups is 1. The van der Waals surface area contributed by atoms with E-state index >= 15 is 0 Å². The van der Waals surface area contributed by atoms with Crippen LogP contribution in [0.5, 0.6) is 0 Å². The Bertz CT molecular complexity index is 1390. The third-order valence-electron chi connectivity index (χ3n) is 5.61. The third kappa shape index (κ3) is 5.95. The van der Waals surface area contributed by atoms with E-state index in [9.17, 15) is 13.2 Å². The number of sulfonamides is 1. The van der Waals surface area contributed by atoms with E-state index in [1.807, 2.05) is 18.2 Å². The molecule has 0 aliphatic carbocycles. The van der Waals surface area contributed by atoms with Crippen molar-refractivity contribution in [2.45, 2.75) is 17.9 Å². The van der Waals surface area contributed by atoms with Crippen LogP contribution in [0.25, 0.3) is 0 Å². The Hall–Kier alpha value is -2.37. The van der Waals surface area contributed by atoms with E-state index in [4.69, 9.17) is 27.6 Å². The highest BCUT2D eigenvalue weighted by Crippen LogP contribution is 2.35. The number of furan rings is 1. The summed E-state index contributed by atoms with van der Waals surface area (Å²) in [4.78, 5) is 16.5. The fraction of sp³-hybridized carbons (Fsp3) is 0.250. The van der Waals surface area contributed by atoms with Gasteiger partial charge in [0.1, 0.15) is 17.0 Å². The van der Waals surface area contributed by atoms with Gasteiger partial charge >= 0.3 is 0 Å². The molecule has 0 unspecified atom stereocenters. The van der Waals surface area contributed by atoms with Gasteiger partial charge in [0, 0.05) is 36.7 Å². The van der Waals surface area contributed by atoms with Gasteiger partial charge in [-0.25, -0.2) is 8.42 Å². The van der Waals surface area contributed by atoms with Crippen LogP contribution >= 0.6 is 39.1 Å². The number of amides is 1. The number of nitrogens with one attached hydrogen (secondary N) is 2. The van der Waals surface area contributed by atoms with E-state index in [1.165, 1.54) is 36.0 Å². The van der Waals surface area contributed by atoms with Gasteiger partial charge in [-0.15, -0.1) is 0 Å². The lowest BCUT2D eigenvalue weighted by Gasteiger charge is -2.21. The Labute approximate surface area is 227 Å². The molecule has 2 N–H and O–H groups in total. The number of rotatable bonds is 9. The molecule has 0 saturated heterocycles. The van der Waals surface area contributed by atoms with Crippen molar-refractivity contribution in [3.05, 3.63) is 85.7 Å². The van der Waals surface area contributed by atoms with Crippen LogP contribution in [0.2, 0.25) is 10.0 Å². The van der Waals surface area contributed by atoms with Crippen molar-refractivity contribution in [1.29, 1.82) is 0 Å². The molecule has 0 spiro atoms. The molecule has 0 saturated carbocycles. The smallest absolute Gasteiger partial charge is 0.254 e. The van der Waals surface area contributed by atoms with Gasteiger partial charge in [-0.1, -0.05) is 57.3 Å². The number of benzene rings is 2. The Balaban J connectivity index is 1.57. The summed E-state index contributed by atoms with van der Waals surface area (Å²) in [6.45, 7) is 1.83. The summed E-state index contributed by atoms with van der Waals surface area (Å²) in [5, 5.41) is 6.16. The lowest BCUT2D eigenvalue weighted by molar-refractivity contribution is 0.0953. The molecule has 190 valence electrons. The van der Waals surface area contributed by atoms with E-state index in [0.717, 1.165) is 29.1 Å². The van der Waals surface area contributed by atoms with E-state index in [1.54, 1.807) is 6.07 Å². The highest BCUT2D eigenvalue weighted by Gasteiger charge is 2.28. The molecule has 0 bridgehead atoms. The second kappa shape index (κ2) is 11.4. The molecule has 0 atom stereocenters. The number of halogens is 3. The van der Waals surface area contributed by atoms with Crippen molar-refractivity contribution >= 4 is 60.9 Å². The standard InChI is InChI=1S/C24H23BrCl2N4O4S/c1-31(36(33,34)22-20(26)11-18(25)12-21(22)27)13-17-10-15(2-3-19(17)23-28-7-8-29-23)4-6-30-24(32)16-5-9-35-14-16/h2-3,5,9-12,14H,4,6-8,13H2,1H3,(H,28,29)(H,30,32). The summed E-state index contributed by atoms with van der Waals surface area (Å²) in [6, 6.07) is 10.4. The maximum Gasteiger partial charge on any atom is 0.254 e. The predicted molar refractivity (Wildman–Crippen MR) is 143 cm³/mol. The van der Waals surface area contributed by atoms with Gasteiger partial charge < -0.3 is 15.1 Å².